The molecule has 6 nitrogen and oxygen atoms in total. The highest BCUT2D eigenvalue weighted by molar-refractivity contribution is 5.83. The second kappa shape index (κ2) is 11.4. The molecule has 38 heavy (non-hydrogen) atoms. The van der Waals surface area contributed by atoms with Crippen LogP contribution in [0.1, 0.15) is 25.8 Å². The molecule has 3 aromatic rings. The number of ether oxygens (including phenoxy) is 3. The molecule has 1 heterocycles. The zero-order valence-corrected chi connectivity index (χ0v) is 20.5. The van der Waals surface area contributed by atoms with Crippen molar-refractivity contribution in [3.05, 3.63) is 58.4 Å². The number of fused-ring (bicyclic) bond motifs is 1. The lowest BCUT2D eigenvalue weighted by atomic mass is 9.99. The van der Waals surface area contributed by atoms with Crippen LogP contribution in [-0.2, 0) is 15.7 Å². The van der Waals surface area contributed by atoms with Gasteiger partial charge in [-0.05, 0) is 36.4 Å². The summed E-state index contributed by atoms with van der Waals surface area (Å²) in [4.78, 5) is 24.3. The van der Waals surface area contributed by atoms with Crippen molar-refractivity contribution in [3.63, 3.8) is 0 Å². The first-order valence-electron chi connectivity index (χ1n) is 11.4. The fourth-order valence-corrected chi connectivity index (χ4v) is 3.56. The Bertz CT molecular complexity index is 1340. The van der Waals surface area contributed by atoms with Crippen LogP contribution in [0.5, 0.6) is 11.5 Å². The Kier molecular flexibility index (Phi) is 8.63. The van der Waals surface area contributed by atoms with Gasteiger partial charge in [0.25, 0.3) is 0 Å². The van der Waals surface area contributed by atoms with Crippen LogP contribution in [0, 0.1) is 11.8 Å². The summed E-state index contributed by atoms with van der Waals surface area (Å²) in [6, 6.07) is 8.38. The van der Waals surface area contributed by atoms with E-state index in [2.05, 4.69) is 0 Å². The first kappa shape index (κ1) is 28.9. The molecule has 0 radical (unpaired) electrons. The third-order valence-electron chi connectivity index (χ3n) is 5.47. The van der Waals surface area contributed by atoms with Gasteiger partial charge in [0.1, 0.15) is 17.1 Å². The topological polar surface area (TPSA) is 75.0 Å². The first-order valence-corrected chi connectivity index (χ1v) is 11.4. The lowest BCUT2D eigenvalue weighted by molar-refractivity contribution is -0.162. The molecule has 12 heteroatoms. The SMILES string of the molecule is COc1ccc(-c2cc3ccc(OCC(COC(=O)C(C)C)CC(F)(F)F)cc3oc2=O)c(C(F)(F)F)c1. The van der Waals surface area contributed by atoms with Crippen LogP contribution in [0.3, 0.4) is 0 Å². The number of carbonyl (C=O) groups excluding carboxylic acids is 1. The van der Waals surface area contributed by atoms with Crippen LogP contribution in [0.4, 0.5) is 26.3 Å². The molecule has 0 saturated heterocycles. The summed E-state index contributed by atoms with van der Waals surface area (Å²) >= 11 is 0. The summed E-state index contributed by atoms with van der Waals surface area (Å²) in [6.07, 6.45) is -10.6. The number of hydrogen-bond acceptors (Lipinski definition) is 6. The van der Waals surface area contributed by atoms with Crippen molar-refractivity contribution in [1.29, 1.82) is 0 Å². The molecule has 0 aliphatic rings. The summed E-state index contributed by atoms with van der Waals surface area (Å²) in [6.45, 7) is 2.13. The second-order valence-electron chi connectivity index (χ2n) is 8.84. The minimum atomic E-state index is -4.78. The van der Waals surface area contributed by atoms with Gasteiger partial charge in [-0.1, -0.05) is 13.8 Å². The van der Waals surface area contributed by atoms with Crippen LogP contribution in [0.2, 0.25) is 0 Å². The van der Waals surface area contributed by atoms with Gasteiger partial charge >= 0.3 is 23.9 Å². The van der Waals surface area contributed by atoms with Crippen molar-refractivity contribution in [2.45, 2.75) is 32.6 Å². The van der Waals surface area contributed by atoms with Crippen LogP contribution in [0.15, 0.2) is 51.7 Å². The molecule has 1 atom stereocenters. The van der Waals surface area contributed by atoms with E-state index in [4.69, 9.17) is 18.6 Å². The summed E-state index contributed by atoms with van der Waals surface area (Å²) in [5.74, 6) is -2.35. The highest BCUT2D eigenvalue weighted by Gasteiger charge is 2.35. The molecule has 2 aromatic carbocycles. The number of carbonyl (C=O) groups is 1. The Balaban J connectivity index is 1.86. The molecule has 0 fully saturated rings. The molecule has 0 spiro atoms. The van der Waals surface area contributed by atoms with E-state index in [0.717, 1.165) is 12.1 Å². The first-order chi connectivity index (χ1) is 17.7. The average molecular weight is 546 g/mol. The standard InChI is InChI=1S/C26H24F6O6/c1-14(2)23(33)37-13-15(11-25(27,28)29)12-36-18-5-4-16-8-20(24(34)38-22(16)10-18)19-7-6-17(35-3)9-21(19)26(30,31)32/h4-10,14-15H,11-13H2,1-3H3. The molecule has 0 N–H and O–H groups in total. The van der Waals surface area contributed by atoms with Crippen molar-refractivity contribution in [3.8, 4) is 22.6 Å². The largest absolute Gasteiger partial charge is 0.497 e. The number of esters is 1. The summed E-state index contributed by atoms with van der Waals surface area (Å²) < 4.78 is 100. The van der Waals surface area contributed by atoms with Crippen molar-refractivity contribution in [2.24, 2.45) is 11.8 Å². The molecule has 0 aliphatic heterocycles. The van der Waals surface area contributed by atoms with E-state index < -0.39 is 66.5 Å². The molecule has 0 amide bonds. The Labute approximate surface area is 213 Å². The number of benzene rings is 2. The summed E-state index contributed by atoms with van der Waals surface area (Å²) in [5, 5.41) is 0.258. The third-order valence-corrected chi connectivity index (χ3v) is 5.47. The molecular weight excluding hydrogens is 522 g/mol. The van der Waals surface area contributed by atoms with Crippen LogP contribution >= 0.6 is 0 Å². The molecule has 0 saturated carbocycles. The van der Waals surface area contributed by atoms with Gasteiger partial charge in [-0.15, -0.1) is 0 Å². The van der Waals surface area contributed by atoms with E-state index in [1.54, 1.807) is 13.8 Å². The Morgan fingerprint density at radius 1 is 0.921 bits per heavy atom. The highest BCUT2D eigenvalue weighted by Crippen LogP contribution is 2.39. The maximum atomic E-state index is 13.6. The lowest BCUT2D eigenvalue weighted by Gasteiger charge is -2.20. The minimum absolute atomic E-state index is 0.0445. The quantitative estimate of drug-likeness (QED) is 0.170. The number of hydrogen-bond donors (Lipinski definition) is 0. The summed E-state index contributed by atoms with van der Waals surface area (Å²) in [5.41, 5.74) is -2.92. The van der Waals surface area contributed by atoms with Crippen LogP contribution in [0.25, 0.3) is 22.1 Å². The van der Waals surface area contributed by atoms with Crippen molar-refractivity contribution < 1.29 is 49.8 Å². The molecule has 0 aliphatic carbocycles. The summed E-state index contributed by atoms with van der Waals surface area (Å²) in [7, 11) is 1.21. The van der Waals surface area contributed by atoms with E-state index in [1.165, 1.54) is 37.4 Å². The van der Waals surface area contributed by atoms with Gasteiger partial charge in [-0.3, -0.25) is 4.79 Å². The van der Waals surface area contributed by atoms with Gasteiger partial charge in [0.05, 0.1) is 43.8 Å². The van der Waals surface area contributed by atoms with Gasteiger partial charge in [-0.25, -0.2) is 4.79 Å². The maximum Gasteiger partial charge on any atom is 0.417 e. The molecule has 1 unspecified atom stereocenters. The van der Waals surface area contributed by atoms with Gasteiger partial charge in [0.15, 0.2) is 0 Å². The Hall–Kier alpha value is -3.70. The van der Waals surface area contributed by atoms with Gasteiger partial charge in [0, 0.05) is 22.9 Å². The van der Waals surface area contributed by atoms with Crippen molar-refractivity contribution in [2.75, 3.05) is 20.3 Å². The molecule has 0 bridgehead atoms. The van der Waals surface area contributed by atoms with E-state index in [-0.39, 0.29) is 28.0 Å². The van der Waals surface area contributed by atoms with E-state index in [9.17, 15) is 35.9 Å². The molecular formula is C26H24F6O6. The van der Waals surface area contributed by atoms with Gasteiger partial charge in [0.2, 0.25) is 0 Å². The van der Waals surface area contributed by atoms with Crippen molar-refractivity contribution >= 4 is 16.9 Å². The fourth-order valence-electron chi connectivity index (χ4n) is 3.56. The van der Waals surface area contributed by atoms with E-state index >= 15 is 0 Å². The van der Waals surface area contributed by atoms with Crippen molar-refractivity contribution in [1.82, 2.24) is 0 Å². The lowest BCUT2D eigenvalue weighted by Crippen LogP contribution is -2.27. The highest BCUT2D eigenvalue weighted by atomic mass is 19.4. The smallest absolute Gasteiger partial charge is 0.417 e. The zero-order chi connectivity index (χ0) is 28.3. The van der Waals surface area contributed by atoms with Gasteiger partial charge < -0.3 is 18.6 Å². The number of methoxy groups -OCH3 is 1. The number of alkyl halides is 6. The van der Waals surface area contributed by atoms with E-state index in [1.807, 2.05) is 0 Å². The number of rotatable bonds is 9. The zero-order valence-electron chi connectivity index (χ0n) is 20.5. The number of halogens is 6. The predicted octanol–water partition coefficient (Wildman–Crippen LogP) is 6.63. The Morgan fingerprint density at radius 2 is 1.61 bits per heavy atom. The minimum Gasteiger partial charge on any atom is -0.497 e. The fraction of sp³-hybridized carbons (Fsp3) is 0.385. The van der Waals surface area contributed by atoms with Crippen LogP contribution in [-0.4, -0.2) is 32.5 Å². The molecule has 1 aromatic heterocycles. The van der Waals surface area contributed by atoms with Gasteiger partial charge in [-0.2, -0.15) is 26.3 Å². The monoisotopic (exact) mass is 546 g/mol. The Morgan fingerprint density at radius 3 is 2.21 bits per heavy atom. The third kappa shape index (κ3) is 7.42. The van der Waals surface area contributed by atoms with E-state index in [0.29, 0.717) is 0 Å². The second-order valence-corrected chi connectivity index (χ2v) is 8.84. The molecule has 206 valence electrons. The predicted molar refractivity (Wildman–Crippen MR) is 125 cm³/mol. The average Bonchev–Trinajstić information content (AvgIpc) is 2.83. The van der Waals surface area contributed by atoms with Crippen LogP contribution < -0.4 is 15.1 Å². The maximum absolute atomic E-state index is 13.6. The molecule has 3 rings (SSSR count). The normalized spacial score (nSPS) is 13.0.